The average molecular weight is 525 g/mol. The molecule has 0 unspecified atom stereocenters. The van der Waals surface area contributed by atoms with E-state index in [1.807, 2.05) is 0 Å². The van der Waals surface area contributed by atoms with E-state index < -0.39 is 60.6 Å². The zero-order valence-corrected chi connectivity index (χ0v) is 19.2. The minimum Gasteiger partial charge on any atom is -0.351 e. The quantitative estimate of drug-likeness (QED) is 0.486. The zero-order valence-electron chi connectivity index (χ0n) is 18.4. The van der Waals surface area contributed by atoms with E-state index >= 15 is 0 Å². The molecule has 0 aliphatic heterocycles. The van der Waals surface area contributed by atoms with Gasteiger partial charge in [0, 0.05) is 12.1 Å². The SMILES string of the molecule is CC1(CNC(=O)c2ccc(F)c(C(F)(F)F)c2)CCC(S(=O)(=O)c2cccc(C(F)(F)F)c2)CC1. The summed E-state index contributed by atoms with van der Waals surface area (Å²) in [5, 5.41) is 1.61. The number of alkyl halides is 6. The van der Waals surface area contributed by atoms with Crippen molar-refractivity contribution in [1.29, 1.82) is 0 Å². The second kappa shape index (κ2) is 9.44. The maximum absolute atomic E-state index is 13.4. The van der Waals surface area contributed by atoms with Crippen LogP contribution < -0.4 is 5.32 Å². The predicted octanol–water partition coefficient (Wildman–Crippen LogP) is 6.02. The molecule has 3 rings (SSSR count). The lowest BCUT2D eigenvalue weighted by Gasteiger charge is -2.37. The van der Waals surface area contributed by atoms with Crippen molar-refractivity contribution in [3.05, 3.63) is 65.0 Å². The summed E-state index contributed by atoms with van der Waals surface area (Å²) in [5.74, 6) is -2.34. The van der Waals surface area contributed by atoms with Crippen LogP contribution >= 0.6 is 0 Å². The molecule has 4 nitrogen and oxygen atoms in total. The van der Waals surface area contributed by atoms with E-state index in [-0.39, 0.29) is 24.9 Å². The minimum atomic E-state index is -4.96. The fourth-order valence-corrected chi connectivity index (χ4v) is 5.90. The van der Waals surface area contributed by atoms with Crippen LogP contribution in [0.4, 0.5) is 30.7 Å². The Morgan fingerprint density at radius 3 is 2.20 bits per heavy atom. The van der Waals surface area contributed by atoms with Gasteiger partial charge in [-0.3, -0.25) is 4.79 Å². The maximum Gasteiger partial charge on any atom is 0.419 e. The van der Waals surface area contributed by atoms with E-state index in [2.05, 4.69) is 5.32 Å². The largest absolute Gasteiger partial charge is 0.419 e. The summed E-state index contributed by atoms with van der Waals surface area (Å²) in [7, 11) is -4.02. The van der Waals surface area contributed by atoms with E-state index in [4.69, 9.17) is 0 Å². The third kappa shape index (κ3) is 6.14. The minimum absolute atomic E-state index is 0.0287. The number of rotatable bonds is 5. The molecule has 1 saturated carbocycles. The Morgan fingerprint density at radius 1 is 1.00 bits per heavy atom. The van der Waals surface area contributed by atoms with Crippen LogP contribution in [-0.2, 0) is 22.2 Å². The molecule has 1 N–H and O–H groups in total. The van der Waals surface area contributed by atoms with Crippen LogP contribution in [0.15, 0.2) is 47.4 Å². The zero-order chi connectivity index (χ0) is 26.2. The lowest BCUT2D eigenvalue weighted by atomic mass is 9.75. The van der Waals surface area contributed by atoms with Gasteiger partial charge in [-0.25, -0.2) is 12.8 Å². The highest BCUT2D eigenvalue weighted by Crippen LogP contribution is 2.40. The smallest absolute Gasteiger partial charge is 0.351 e. The van der Waals surface area contributed by atoms with Crippen LogP contribution in [0.3, 0.4) is 0 Å². The second-order valence-corrected chi connectivity index (χ2v) is 11.2. The first kappa shape index (κ1) is 27.0. The van der Waals surface area contributed by atoms with Crippen molar-refractivity contribution in [1.82, 2.24) is 5.32 Å². The molecule has 12 heteroatoms. The van der Waals surface area contributed by atoms with Gasteiger partial charge in [0.05, 0.1) is 21.3 Å². The normalized spacial score (nSPS) is 21.5. The van der Waals surface area contributed by atoms with Gasteiger partial charge in [-0.2, -0.15) is 26.3 Å². The van der Waals surface area contributed by atoms with E-state index in [1.54, 1.807) is 6.92 Å². The number of hydrogen-bond donors (Lipinski definition) is 1. The standard InChI is InChI=1S/C23H22F7NO3S/c1-21(13-31-20(32)14-5-6-19(24)18(11-14)23(28,29)30)9-7-16(8-10-21)35(33,34)17-4-2-3-15(12-17)22(25,26)27/h2-6,11-12,16H,7-10,13H2,1H3,(H,31,32). The van der Waals surface area contributed by atoms with Crippen LogP contribution in [0.2, 0.25) is 0 Å². The van der Waals surface area contributed by atoms with Crippen molar-refractivity contribution < 1.29 is 43.9 Å². The van der Waals surface area contributed by atoms with Gasteiger partial charge in [-0.05, 0) is 67.5 Å². The molecule has 1 amide bonds. The first-order chi connectivity index (χ1) is 16.0. The molecule has 0 aromatic heterocycles. The Hall–Kier alpha value is -2.63. The summed E-state index contributed by atoms with van der Waals surface area (Å²) < 4.78 is 117. The van der Waals surface area contributed by atoms with E-state index in [0.29, 0.717) is 31.0 Å². The number of halogens is 7. The van der Waals surface area contributed by atoms with Crippen molar-refractivity contribution in [2.24, 2.45) is 5.41 Å². The number of benzene rings is 2. The Kier molecular flexibility index (Phi) is 7.27. The van der Waals surface area contributed by atoms with Crippen LogP contribution in [0.5, 0.6) is 0 Å². The Labute approximate surface area is 197 Å². The van der Waals surface area contributed by atoms with Gasteiger partial charge in [0.2, 0.25) is 0 Å². The molecule has 1 aliphatic carbocycles. The van der Waals surface area contributed by atoms with Crippen LogP contribution in [0.25, 0.3) is 0 Å². The van der Waals surface area contributed by atoms with Gasteiger partial charge in [-0.1, -0.05) is 13.0 Å². The predicted molar refractivity (Wildman–Crippen MR) is 113 cm³/mol. The lowest BCUT2D eigenvalue weighted by molar-refractivity contribution is -0.140. The van der Waals surface area contributed by atoms with E-state index in [1.165, 1.54) is 0 Å². The summed E-state index contributed by atoms with van der Waals surface area (Å²) >= 11 is 0. The van der Waals surface area contributed by atoms with Crippen molar-refractivity contribution in [3.63, 3.8) is 0 Å². The fraction of sp³-hybridized carbons (Fsp3) is 0.435. The molecule has 0 spiro atoms. The van der Waals surface area contributed by atoms with Crippen molar-refractivity contribution >= 4 is 15.7 Å². The highest BCUT2D eigenvalue weighted by Gasteiger charge is 2.39. The Balaban J connectivity index is 1.65. The molecule has 1 aliphatic rings. The van der Waals surface area contributed by atoms with Gasteiger partial charge < -0.3 is 5.32 Å². The van der Waals surface area contributed by atoms with Crippen LogP contribution in [0, 0.1) is 11.2 Å². The summed E-state index contributed by atoms with van der Waals surface area (Å²) in [5.41, 5.74) is -3.57. The molecule has 2 aromatic carbocycles. The summed E-state index contributed by atoms with van der Waals surface area (Å²) in [6.45, 7) is 1.80. The Morgan fingerprint density at radius 2 is 1.63 bits per heavy atom. The number of carbonyl (C=O) groups excluding carboxylic acids is 1. The van der Waals surface area contributed by atoms with Gasteiger partial charge in [0.15, 0.2) is 9.84 Å². The van der Waals surface area contributed by atoms with Crippen molar-refractivity contribution in [2.75, 3.05) is 6.54 Å². The number of hydrogen-bond acceptors (Lipinski definition) is 3. The molecule has 1 fully saturated rings. The lowest BCUT2D eigenvalue weighted by Crippen LogP contribution is -2.40. The number of nitrogens with one attached hydrogen (secondary N) is 1. The van der Waals surface area contributed by atoms with Gasteiger partial charge in [0.25, 0.3) is 5.91 Å². The number of amides is 1. The highest BCUT2D eigenvalue weighted by atomic mass is 32.2. The Bertz CT molecular complexity index is 1200. The van der Waals surface area contributed by atoms with Crippen molar-refractivity contribution in [2.45, 2.75) is 55.1 Å². The molecule has 0 bridgehead atoms. The first-order valence-electron chi connectivity index (χ1n) is 10.6. The third-order valence-corrected chi connectivity index (χ3v) is 8.54. The molecule has 35 heavy (non-hydrogen) atoms. The molecule has 0 radical (unpaired) electrons. The summed E-state index contributed by atoms with van der Waals surface area (Å²) in [6.07, 6.45) is -8.74. The van der Waals surface area contributed by atoms with E-state index in [9.17, 15) is 43.9 Å². The average Bonchev–Trinajstić information content (AvgIpc) is 2.77. The highest BCUT2D eigenvalue weighted by molar-refractivity contribution is 7.92. The summed E-state index contributed by atoms with van der Waals surface area (Å²) in [4.78, 5) is 11.9. The second-order valence-electron chi connectivity index (χ2n) is 8.96. The number of carbonyl (C=O) groups is 1. The molecule has 192 valence electrons. The molecule has 2 aromatic rings. The molecular formula is C23H22F7NO3S. The molecular weight excluding hydrogens is 503 g/mol. The van der Waals surface area contributed by atoms with Gasteiger partial charge in [0.1, 0.15) is 5.82 Å². The monoisotopic (exact) mass is 525 g/mol. The molecule has 0 saturated heterocycles. The molecule has 0 heterocycles. The summed E-state index contributed by atoms with van der Waals surface area (Å²) in [6, 6.07) is 5.48. The first-order valence-corrected chi connectivity index (χ1v) is 12.1. The van der Waals surface area contributed by atoms with E-state index in [0.717, 1.165) is 24.3 Å². The molecule has 0 atom stereocenters. The van der Waals surface area contributed by atoms with Crippen molar-refractivity contribution in [3.8, 4) is 0 Å². The maximum atomic E-state index is 13.4. The number of sulfone groups is 1. The third-order valence-electron chi connectivity index (χ3n) is 6.28. The van der Waals surface area contributed by atoms with Gasteiger partial charge in [-0.15, -0.1) is 0 Å². The van der Waals surface area contributed by atoms with Gasteiger partial charge >= 0.3 is 12.4 Å². The van der Waals surface area contributed by atoms with Crippen LogP contribution in [0.1, 0.15) is 54.1 Å². The van der Waals surface area contributed by atoms with Crippen LogP contribution in [-0.4, -0.2) is 26.1 Å². The topological polar surface area (TPSA) is 63.2 Å². The fourth-order valence-electron chi connectivity index (χ4n) is 4.10.